The molecule has 1 unspecified atom stereocenters. The van der Waals surface area contributed by atoms with Crippen molar-refractivity contribution in [2.24, 2.45) is 11.7 Å². The number of hydrogen-bond acceptors (Lipinski definition) is 3. The molecule has 0 spiro atoms. The van der Waals surface area contributed by atoms with E-state index in [-0.39, 0.29) is 0 Å². The molecule has 0 amide bonds. The van der Waals surface area contributed by atoms with Gasteiger partial charge in [0.25, 0.3) is 0 Å². The molecule has 0 aromatic heterocycles. The molecule has 1 aliphatic rings. The van der Waals surface area contributed by atoms with Crippen LogP contribution in [0.25, 0.3) is 0 Å². The van der Waals surface area contributed by atoms with Gasteiger partial charge in [0, 0.05) is 13.0 Å². The van der Waals surface area contributed by atoms with Gasteiger partial charge in [0.15, 0.2) is 0 Å². The Bertz CT molecular complexity index is 173. The second-order valence-corrected chi connectivity index (χ2v) is 3.70. The SMILES string of the molecule is NCCCN1CCC(CC(=O)O)C1. The van der Waals surface area contributed by atoms with E-state index in [0.717, 1.165) is 39.0 Å². The van der Waals surface area contributed by atoms with E-state index in [0.29, 0.717) is 12.3 Å². The van der Waals surface area contributed by atoms with Gasteiger partial charge in [-0.2, -0.15) is 0 Å². The quantitative estimate of drug-likeness (QED) is 0.640. The molecule has 0 aromatic carbocycles. The van der Waals surface area contributed by atoms with E-state index >= 15 is 0 Å². The average Bonchev–Trinajstić information content (AvgIpc) is 2.48. The van der Waals surface area contributed by atoms with E-state index in [2.05, 4.69) is 4.90 Å². The van der Waals surface area contributed by atoms with Crippen LogP contribution in [0, 0.1) is 5.92 Å². The van der Waals surface area contributed by atoms with Crippen LogP contribution in [0.4, 0.5) is 0 Å². The minimum atomic E-state index is -0.675. The van der Waals surface area contributed by atoms with Gasteiger partial charge < -0.3 is 15.7 Å². The van der Waals surface area contributed by atoms with Crippen LogP contribution in [-0.2, 0) is 4.79 Å². The lowest BCUT2D eigenvalue weighted by atomic mass is 10.1. The van der Waals surface area contributed by atoms with Gasteiger partial charge >= 0.3 is 5.97 Å². The second-order valence-electron chi connectivity index (χ2n) is 3.70. The van der Waals surface area contributed by atoms with Crippen molar-refractivity contribution in [3.8, 4) is 0 Å². The first-order chi connectivity index (χ1) is 6.22. The fourth-order valence-electron chi connectivity index (χ4n) is 1.84. The van der Waals surface area contributed by atoms with Crippen LogP contribution in [0.1, 0.15) is 19.3 Å². The standard InChI is InChI=1S/C9H18N2O2/c10-3-1-4-11-5-2-8(7-11)6-9(12)13/h8H,1-7,10H2,(H,12,13). The Kier molecular flexibility index (Phi) is 4.18. The highest BCUT2D eigenvalue weighted by molar-refractivity contribution is 5.67. The lowest BCUT2D eigenvalue weighted by Crippen LogP contribution is -2.24. The number of likely N-dealkylation sites (tertiary alicyclic amines) is 1. The zero-order chi connectivity index (χ0) is 9.68. The van der Waals surface area contributed by atoms with Crippen LogP contribution in [0.5, 0.6) is 0 Å². The maximum atomic E-state index is 10.4. The maximum Gasteiger partial charge on any atom is 0.303 e. The molecule has 0 aromatic rings. The van der Waals surface area contributed by atoms with Crippen LogP contribution in [0.3, 0.4) is 0 Å². The number of aliphatic carboxylic acids is 1. The molecular formula is C9H18N2O2. The summed E-state index contributed by atoms with van der Waals surface area (Å²) in [5, 5.41) is 8.60. The lowest BCUT2D eigenvalue weighted by Gasteiger charge is -2.14. The van der Waals surface area contributed by atoms with Crippen LogP contribution in [0.15, 0.2) is 0 Å². The Labute approximate surface area is 78.7 Å². The molecule has 1 saturated heterocycles. The molecule has 13 heavy (non-hydrogen) atoms. The van der Waals surface area contributed by atoms with E-state index in [1.807, 2.05) is 0 Å². The van der Waals surface area contributed by atoms with Crippen molar-refractivity contribution in [2.45, 2.75) is 19.3 Å². The van der Waals surface area contributed by atoms with E-state index < -0.39 is 5.97 Å². The Balaban J connectivity index is 2.16. The third kappa shape index (κ3) is 3.74. The molecule has 0 bridgehead atoms. The summed E-state index contributed by atoms with van der Waals surface area (Å²) in [6.45, 7) is 3.72. The summed E-state index contributed by atoms with van der Waals surface area (Å²) in [6, 6.07) is 0. The van der Waals surface area contributed by atoms with Crippen molar-refractivity contribution < 1.29 is 9.90 Å². The summed E-state index contributed by atoms with van der Waals surface area (Å²) in [7, 11) is 0. The largest absolute Gasteiger partial charge is 0.481 e. The van der Waals surface area contributed by atoms with Crippen molar-refractivity contribution in [2.75, 3.05) is 26.2 Å². The monoisotopic (exact) mass is 186 g/mol. The average molecular weight is 186 g/mol. The number of nitrogens with zero attached hydrogens (tertiary/aromatic N) is 1. The smallest absolute Gasteiger partial charge is 0.303 e. The van der Waals surface area contributed by atoms with Gasteiger partial charge in [-0.05, 0) is 38.4 Å². The highest BCUT2D eigenvalue weighted by atomic mass is 16.4. The first-order valence-corrected chi connectivity index (χ1v) is 4.86. The van der Waals surface area contributed by atoms with Gasteiger partial charge in [-0.3, -0.25) is 4.79 Å². The Hall–Kier alpha value is -0.610. The van der Waals surface area contributed by atoms with Crippen molar-refractivity contribution in [3.63, 3.8) is 0 Å². The van der Waals surface area contributed by atoms with Crippen LogP contribution < -0.4 is 5.73 Å². The van der Waals surface area contributed by atoms with Crippen LogP contribution >= 0.6 is 0 Å². The summed E-state index contributed by atoms with van der Waals surface area (Å²) < 4.78 is 0. The van der Waals surface area contributed by atoms with Crippen molar-refractivity contribution in [3.05, 3.63) is 0 Å². The summed E-state index contributed by atoms with van der Waals surface area (Å²) in [6.07, 6.45) is 2.36. The van der Waals surface area contributed by atoms with E-state index in [9.17, 15) is 4.79 Å². The number of nitrogens with two attached hydrogens (primary N) is 1. The third-order valence-corrected chi connectivity index (χ3v) is 2.51. The normalized spacial score (nSPS) is 23.6. The number of hydrogen-bond donors (Lipinski definition) is 2. The van der Waals surface area contributed by atoms with Gasteiger partial charge in [-0.1, -0.05) is 0 Å². The molecule has 1 fully saturated rings. The lowest BCUT2D eigenvalue weighted by molar-refractivity contribution is -0.138. The Morgan fingerprint density at radius 3 is 3.00 bits per heavy atom. The highest BCUT2D eigenvalue weighted by Gasteiger charge is 2.23. The minimum Gasteiger partial charge on any atom is -0.481 e. The van der Waals surface area contributed by atoms with Crippen molar-refractivity contribution >= 4 is 5.97 Å². The number of rotatable bonds is 5. The number of carbonyl (C=O) groups is 1. The Morgan fingerprint density at radius 2 is 2.38 bits per heavy atom. The molecule has 4 heteroatoms. The number of carboxylic acid groups (broad SMARTS) is 1. The first kappa shape index (κ1) is 10.5. The molecule has 1 heterocycles. The topological polar surface area (TPSA) is 66.6 Å². The minimum absolute atomic E-state index is 0.319. The summed E-state index contributed by atoms with van der Waals surface area (Å²) >= 11 is 0. The predicted molar refractivity (Wildman–Crippen MR) is 50.5 cm³/mol. The maximum absolute atomic E-state index is 10.4. The molecular weight excluding hydrogens is 168 g/mol. The molecule has 3 N–H and O–H groups in total. The van der Waals surface area contributed by atoms with Gasteiger partial charge in [0.05, 0.1) is 0 Å². The Morgan fingerprint density at radius 1 is 1.62 bits per heavy atom. The summed E-state index contributed by atoms with van der Waals surface area (Å²) in [5.41, 5.74) is 5.40. The van der Waals surface area contributed by atoms with Gasteiger partial charge in [0.1, 0.15) is 0 Å². The summed E-state index contributed by atoms with van der Waals surface area (Å²) in [4.78, 5) is 12.7. The zero-order valence-electron chi connectivity index (χ0n) is 7.91. The van der Waals surface area contributed by atoms with Crippen LogP contribution in [-0.4, -0.2) is 42.2 Å². The van der Waals surface area contributed by atoms with E-state index in [1.54, 1.807) is 0 Å². The van der Waals surface area contributed by atoms with Gasteiger partial charge in [-0.15, -0.1) is 0 Å². The van der Waals surface area contributed by atoms with Crippen molar-refractivity contribution in [1.29, 1.82) is 0 Å². The first-order valence-electron chi connectivity index (χ1n) is 4.86. The zero-order valence-corrected chi connectivity index (χ0v) is 7.91. The number of carboxylic acids is 1. The predicted octanol–water partition coefficient (Wildman–Crippen LogP) is 0.132. The molecule has 1 aliphatic heterocycles. The summed E-state index contributed by atoms with van der Waals surface area (Å²) in [5.74, 6) is -0.319. The van der Waals surface area contributed by atoms with E-state index in [1.165, 1.54) is 0 Å². The molecule has 0 radical (unpaired) electrons. The molecule has 0 saturated carbocycles. The van der Waals surface area contributed by atoms with Gasteiger partial charge in [-0.25, -0.2) is 0 Å². The molecule has 4 nitrogen and oxygen atoms in total. The van der Waals surface area contributed by atoms with Crippen molar-refractivity contribution in [1.82, 2.24) is 4.90 Å². The van der Waals surface area contributed by atoms with Crippen LogP contribution in [0.2, 0.25) is 0 Å². The third-order valence-electron chi connectivity index (χ3n) is 2.51. The molecule has 76 valence electrons. The fraction of sp³-hybridized carbons (Fsp3) is 0.889. The highest BCUT2D eigenvalue weighted by Crippen LogP contribution is 2.19. The molecule has 0 aliphatic carbocycles. The second kappa shape index (κ2) is 5.19. The molecule has 1 atom stereocenters. The van der Waals surface area contributed by atoms with Gasteiger partial charge in [0.2, 0.25) is 0 Å². The molecule has 1 rings (SSSR count). The fourth-order valence-corrected chi connectivity index (χ4v) is 1.84. The van der Waals surface area contributed by atoms with E-state index in [4.69, 9.17) is 10.8 Å².